The first kappa shape index (κ1) is 24.1. The first-order chi connectivity index (χ1) is 17.7. The molecule has 0 amide bonds. The molecular weight excluding hydrogens is 454 g/mol. The molecule has 1 saturated heterocycles. The van der Waals surface area contributed by atoms with Crippen LogP contribution in [-0.4, -0.2) is 47.2 Å². The average Bonchev–Trinajstić information content (AvgIpc) is 2.91. The fourth-order valence-electron chi connectivity index (χ4n) is 4.98. The molecule has 0 atom stereocenters. The van der Waals surface area contributed by atoms with Crippen molar-refractivity contribution < 1.29 is 4.74 Å². The van der Waals surface area contributed by atoms with Crippen LogP contribution in [0.1, 0.15) is 42.9 Å². The summed E-state index contributed by atoms with van der Waals surface area (Å²) in [6.45, 7) is 3.82. The Morgan fingerprint density at radius 1 is 0.861 bits per heavy atom. The van der Waals surface area contributed by atoms with Crippen molar-refractivity contribution in [3.05, 3.63) is 105 Å². The maximum atomic E-state index is 12.0. The van der Waals surface area contributed by atoms with Crippen LogP contribution in [0.5, 0.6) is 0 Å². The van der Waals surface area contributed by atoms with E-state index in [-0.39, 0.29) is 12.2 Å². The minimum Gasteiger partial charge on any atom is -0.365 e. The number of nitrogens with zero attached hydrogens (tertiary/aromatic N) is 2. The number of rotatable bonds is 9. The summed E-state index contributed by atoms with van der Waals surface area (Å²) in [6.07, 6.45) is 7.82. The highest BCUT2D eigenvalue weighted by atomic mass is 16.5. The van der Waals surface area contributed by atoms with E-state index in [0.717, 1.165) is 51.9 Å². The molecule has 1 fully saturated rings. The summed E-state index contributed by atoms with van der Waals surface area (Å²) >= 11 is 0. The van der Waals surface area contributed by atoms with Gasteiger partial charge in [0, 0.05) is 32.0 Å². The van der Waals surface area contributed by atoms with E-state index in [1.807, 2.05) is 23.2 Å². The monoisotopic (exact) mass is 487 g/mol. The molecule has 5 rings (SSSR count). The first-order valence-corrected chi connectivity index (χ1v) is 12.7. The van der Waals surface area contributed by atoms with E-state index in [1.54, 1.807) is 6.20 Å². The van der Waals surface area contributed by atoms with Crippen LogP contribution in [0.4, 0.5) is 11.5 Å². The van der Waals surface area contributed by atoms with Gasteiger partial charge in [-0.1, -0.05) is 60.7 Å². The zero-order valence-electron chi connectivity index (χ0n) is 20.4. The van der Waals surface area contributed by atoms with Gasteiger partial charge in [0.2, 0.25) is 0 Å². The average molecular weight is 488 g/mol. The number of unbranched alkanes of at least 4 members (excludes halogenated alkanes) is 1. The molecule has 2 aliphatic heterocycles. The van der Waals surface area contributed by atoms with Crippen LogP contribution in [0.15, 0.2) is 82.7 Å². The van der Waals surface area contributed by atoms with Crippen LogP contribution >= 0.6 is 0 Å². The van der Waals surface area contributed by atoms with Gasteiger partial charge in [-0.3, -0.25) is 14.8 Å². The van der Waals surface area contributed by atoms with Crippen molar-refractivity contribution >= 4 is 11.5 Å². The Bertz CT molecular complexity index is 1220. The Kier molecular flexibility index (Phi) is 7.64. The number of ether oxygens (including phenoxy) is 1. The van der Waals surface area contributed by atoms with Crippen molar-refractivity contribution in [3.8, 4) is 0 Å². The van der Waals surface area contributed by atoms with E-state index in [2.05, 4.69) is 68.7 Å². The van der Waals surface area contributed by atoms with Crippen molar-refractivity contribution in [1.29, 1.82) is 0 Å². The minimum atomic E-state index is -0.493. The Morgan fingerprint density at radius 2 is 1.50 bits per heavy atom. The van der Waals surface area contributed by atoms with Crippen LogP contribution in [0, 0.1) is 0 Å². The number of H-pyrrole nitrogens is 2. The van der Waals surface area contributed by atoms with Crippen LogP contribution in [0.25, 0.3) is 0 Å². The molecule has 3 N–H and O–H groups in total. The van der Waals surface area contributed by atoms with Gasteiger partial charge >= 0.3 is 5.69 Å². The van der Waals surface area contributed by atoms with Crippen molar-refractivity contribution in [3.63, 3.8) is 0 Å². The van der Waals surface area contributed by atoms with Crippen LogP contribution in [0.2, 0.25) is 0 Å². The second-order valence-corrected chi connectivity index (χ2v) is 9.37. The molecular formula is C28H33N5O3. The fraction of sp³-hybridized carbons (Fsp3) is 0.357. The van der Waals surface area contributed by atoms with Crippen LogP contribution in [-0.2, 0) is 4.74 Å². The molecule has 8 nitrogen and oxygen atoms in total. The van der Waals surface area contributed by atoms with Crippen molar-refractivity contribution in [1.82, 2.24) is 14.9 Å². The summed E-state index contributed by atoms with van der Waals surface area (Å²) < 4.78 is 6.67. The number of hydrogen-bond acceptors (Lipinski definition) is 6. The van der Waals surface area contributed by atoms with E-state index in [4.69, 9.17) is 4.74 Å². The smallest absolute Gasteiger partial charge is 0.327 e. The highest BCUT2D eigenvalue weighted by Gasteiger charge is 2.25. The summed E-state index contributed by atoms with van der Waals surface area (Å²) in [4.78, 5) is 33.1. The van der Waals surface area contributed by atoms with E-state index in [1.165, 1.54) is 11.1 Å². The number of hydrogen-bond donors (Lipinski definition) is 3. The lowest BCUT2D eigenvalue weighted by Gasteiger charge is -2.34. The summed E-state index contributed by atoms with van der Waals surface area (Å²) in [5, 5.41) is 2.91. The lowest BCUT2D eigenvalue weighted by Crippen LogP contribution is -2.38. The fourth-order valence-corrected chi connectivity index (χ4v) is 4.98. The summed E-state index contributed by atoms with van der Waals surface area (Å²) in [5.74, 6) is 0.524. The first-order valence-electron chi connectivity index (χ1n) is 12.7. The third-order valence-electron chi connectivity index (χ3n) is 6.88. The van der Waals surface area contributed by atoms with Gasteiger partial charge in [-0.15, -0.1) is 0 Å². The molecule has 0 bridgehead atoms. The lowest BCUT2D eigenvalue weighted by atomic mass is 10.00. The molecule has 2 aliphatic rings. The van der Waals surface area contributed by atoms with Gasteiger partial charge in [-0.05, 0) is 43.4 Å². The molecule has 2 aromatic carbocycles. The van der Waals surface area contributed by atoms with Gasteiger partial charge < -0.3 is 19.9 Å². The molecule has 0 unspecified atom stereocenters. The topological polar surface area (TPSA) is 93.5 Å². The second kappa shape index (κ2) is 11.4. The number of likely N-dealkylation sites (tertiary alicyclic amines) is 1. The maximum Gasteiger partial charge on any atom is 0.327 e. The van der Waals surface area contributed by atoms with Crippen LogP contribution < -0.4 is 21.5 Å². The largest absolute Gasteiger partial charge is 0.365 e. The molecule has 1 aromatic heterocycles. The third kappa shape index (κ3) is 5.78. The zero-order valence-corrected chi connectivity index (χ0v) is 20.4. The maximum absolute atomic E-state index is 12.0. The molecule has 3 aromatic rings. The highest BCUT2D eigenvalue weighted by molar-refractivity contribution is 5.69. The normalized spacial score (nSPS) is 16.2. The van der Waals surface area contributed by atoms with Gasteiger partial charge in [0.25, 0.3) is 5.56 Å². The Labute approximate surface area is 210 Å². The predicted molar refractivity (Wildman–Crippen MR) is 142 cm³/mol. The number of aromatic amines is 2. The number of aromatic nitrogens is 2. The minimum absolute atomic E-state index is 0.0439. The Hall–Kier alpha value is -3.62. The standard InChI is InChI=1S/C28H33N5O3/c34-27-24-26(30-28(35)31-27)33(20-15-29-24)17-8-7-16-32-18-13-23(14-19-32)36-25(21-9-3-1-4-10-21)22-11-5-2-6-12-22/h1-6,9-12,15,20,23,25,29H,7-8,13-14,16-19H2,(H2,30,31,34,35). The van der Waals surface area contributed by atoms with Gasteiger partial charge in [0.05, 0.1) is 6.10 Å². The molecule has 188 valence electrons. The van der Waals surface area contributed by atoms with E-state index >= 15 is 0 Å². The van der Waals surface area contributed by atoms with Crippen molar-refractivity contribution in [2.24, 2.45) is 0 Å². The number of fused-ring (bicyclic) bond motifs is 1. The SMILES string of the molecule is O=c1[nH]c2c(c(=O)[nH]1)NC=CN2CCCCN1CCC(OC(c2ccccc2)c2ccccc2)CC1. The van der Waals surface area contributed by atoms with Crippen molar-refractivity contribution in [2.45, 2.75) is 37.9 Å². The molecule has 0 spiro atoms. The number of piperidine rings is 1. The molecule has 0 aliphatic carbocycles. The van der Waals surface area contributed by atoms with Gasteiger partial charge in [-0.2, -0.15) is 0 Å². The van der Waals surface area contributed by atoms with E-state index < -0.39 is 11.2 Å². The molecule has 3 heterocycles. The summed E-state index contributed by atoms with van der Waals surface area (Å²) in [6, 6.07) is 20.9. The van der Waals surface area contributed by atoms with Gasteiger partial charge in [0.15, 0.2) is 0 Å². The Balaban J connectivity index is 1.09. The van der Waals surface area contributed by atoms with E-state index in [0.29, 0.717) is 11.5 Å². The summed E-state index contributed by atoms with van der Waals surface area (Å²) in [7, 11) is 0. The summed E-state index contributed by atoms with van der Waals surface area (Å²) in [5.41, 5.74) is 1.86. The zero-order chi connectivity index (χ0) is 24.7. The lowest BCUT2D eigenvalue weighted by molar-refractivity contribution is -0.0270. The number of benzene rings is 2. The second-order valence-electron chi connectivity index (χ2n) is 9.37. The number of nitrogens with one attached hydrogen (secondary N) is 3. The molecule has 8 heteroatoms. The quantitative estimate of drug-likeness (QED) is 0.398. The third-order valence-corrected chi connectivity index (χ3v) is 6.88. The Morgan fingerprint density at radius 3 is 2.17 bits per heavy atom. The number of anilines is 2. The molecule has 0 radical (unpaired) electrons. The van der Waals surface area contributed by atoms with E-state index in [9.17, 15) is 9.59 Å². The highest BCUT2D eigenvalue weighted by Crippen LogP contribution is 2.30. The predicted octanol–water partition coefficient (Wildman–Crippen LogP) is 3.82. The van der Waals surface area contributed by atoms with Crippen LogP contribution in [0.3, 0.4) is 0 Å². The van der Waals surface area contributed by atoms with Crippen molar-refractivity contribution in [2.75, 3.05) is 36.4 Å². The van der Waals surface area contributed by atoms with Gasteiger partial charge in [-0.25, -0.2) is 4.79 Å². The molecule has 0 saturated carbocycles. The van der Waals surface area contributed by atoms with Gasteiger partial charge in [0.1, 0.15) is 17.6 Å². The molecule has 36 heavy (non-hydrogen) atoms.